The van der Waals surface area contributed by atoms with Crippen molar-refractivity contribution in [2.24, 2.45) is 0 Å². The van der Waals surface area contributed by atoms with Gasteiger partial charge in [-0.15, -0.1) is 0 Å². The molecule has 0 spiro atoms. The quantitative estimate of drug-likeness (QED) is 0.338. The van der Waals surface area contributed by atoms with Crippen LogP contribution in [0.5, 0.6) is 0 Å². The molecule has 2 unspecified atom stereocenters. The van der Waals surface area contributed by atoms with E-state index in [9.17, 15) is 0 Å². The van der Waals surface area contributed by atoms with E-state index in [0.29, 0.717) is 7.25 Å². The molecule has 0 aromatic heterocycles. The summed E-state index contributed by atoms with van der Waals surface area (Å²) in [6.45, 7) is 4.35. The van der Waals surface area contributed by atoms with Crippen LogP contribution in [0.4, 0.5) is 0 Å². The van der Waals surface area contributed by atoms with Gasteiger partial charge in [-0.25, -0.2) is 0 Å². The van der Waals surface area contributed by atoms with Crippen molar-refractivity contribution < 1.29 is 45.1 Å². The van der Waals surface area contributed by atoms with Gasteiger partial charge in [0.1, 0.15) is 0 Å². The van der Waals surface area contributed by atoms with Crippen LogP contribution in [0.2, 0.25) is 8.26 Å². The average Bonchev–Trinajstić information content (AvgIpc) is 3.45. The predicted molar refractivity (Wildman–Crippen MR) is 144 cm³/mol. The van der Waals surface area contributed by atoms with Gasteiger partial charge in [0, 0.05) is 0 Å². The molecule has 0 nitrogen and oxygen atoms in total. The third-order valence-corrected chi connectivity index (χ3v) is 21.1. The minimum absolute atomic E-state index is 0. The molecule has 0 bridgehead atoms. The fourth-order valence-electron chi connectivity index (χ4n) is 6.60. The van der Waals surface area contributed by atoms with E-state index in [1.807, 2.05) is 0 Å². The molecule has 0 N–H and O–H groups in total. The molecule has 0 saturated carbocycles. The van der Waals surface area contributed by atoms with E-state index >= 15 is 0 Å². The molecule has 0 amide bonds. The normalized spacial score (nSPS) is 19.2. The van der Waals surface area contributed by atoms with Crippen LogP contribution in [0.25, 0.3) is 11.1 Å². The second-order valence-electron chi connectivity index (χ2n) is 10.8. The SMILES string of the molecule is Cc1ccc(C2=C[CH]([Zr+2]3([CH]4C=C(c5ccc(C)cc5)c5ccccc54)[CH2][CH2]3)c3ccccc32)cc1.[Cl-].[Cl-]. The maximum Gasteiger partial charge on any atom is -1.00 e. The number of hydrogen-bond acceptors (Lipinski definition) is 0. The third kappa shape index (κ3) is 4.34. The number of rotatable bonds is 4. The van der Waals surface area contributed by atoms with Crippen molar-refractivity contribution in [3.8, 4) is 0 Å². The molecule has 3 heteroatoms. The molecular weight excluding hydrogens is 571 g/mol. The van der Waals surface area contributed by atoms with Crippen LogP contribution in [0.1, 0.15) is 51.8 Å². The number of aryl methyl sites for hydroxylation is 2. The second kappa shape index (κ2) is 10.2. The van der Waals surface area contributed by atoms with Gasteiger partial charge in [-0.05, 0) is 0 Å². The van der Waals surface area contributed by atoms with Crippen LogP contribution in [0.15, 0.2) is 109 Å². The molecule has 4 aromatic carbocycles. The minimum atomic E-state index is -2.57. The van der Waals surface area contributed by atoms with Crippen molar-refractivity contribution in [1.29, 1.82) is 0 Å². The molecule has 2 aliphatic carbocycles. The first kappa shape index (κ1) is 26.4. The maximum atomic E-state index is 2.69. The number of allylic oxidation sites excluding steroid dienone is 2. The molecule has 37 heavy (non-hydrogen) atoms. The Bertz CT molecular complexity index is 1400. The number of hydrogen-bond donors (Lipinski definition) is 0. The van der Waals surface area contributed by atoms with E-state index in [1.54, 1.807) is 11.1 Å². The van der Waals surface area contributed by atoms with Gasteiger partial charge in [0.15, 0.2) is 0 Å². The molecule has 1 aliphatic heterocycles. The van der Waals surface area contributed by atoms with E-state index in [-0.39, 0.29) is 24.8 Å². The Labute approximate surface area is 237 Å². The average molecular weight is 601 g/mol. The Morgan fingerprint density at radius 2 is 0.892 bits per heavy atom. The molecule has 1 fully saturated rings. The van der Waals surface area contributed by atoms with Crippen molar-refractivity contribution in [2.75, 3.05) is 0 Å². The van der Waals surface area contributed by atoms with Crippen molar-refractivity contribution in [3.05, 3.63) is 154 Å². The summed E-state index contributed by atoms with van der Waals surface area (Å²) in [5, 5.41) is 0. The molecular formula is C34H30Cl2Zr. The summed E-state index contributed by atoms with van der Waals surface area (Å²) in [6, 6.07) is 36.8. The largest absolute Gasteiger partial charge is 1.00 e. The monoisotopic (exact) mass is 598 g/mol. The van der Waals surface area contributed by atoms with Gasteiger partial charge in [-0.3, -0.25) is 0 Å². The molecule has 7 rings (SSSR count). The molecule has 4 aromatic rings. The minimum Gasteiger partial charge on any atom is -1.00 e. The summed E-state index contributed by atoms with van der Waals surface area (Å²) in [5.74, 6) is 0. The first-order valence-corrected chi connectivity index (χ1v) is 19.2. The first-order valence-electron chi connectivity index (χ1n) is 12.9. The topological polar surface area (TPSA) is 0 Å². The Morgan fingerprint density at radius 1 is 0.514 bits per heavy atom. The van der Waals surface area contributed by atoms with Gasteiger partial charge in [-0.1, -0.05) is 0 Å². The van der Waals surface area contributed by atoms with Crippen molar-refractivity contribution in [3.63, 3.8) is 0 Å². The second-order valence-corrected chi connectivity index (χ2v) is 22.3. The van der Waals surface area contributed by atoms with Crippen LogP contribution in [0, 0.1) is 13.8 Å². The number of benzene rings is 4. The smallest absolute Gasteiger partial charge is 1.00 e. The fraction of sp³-hybridized carbons (Fsp3) is 0.176. The van der Waals surface area contributed by atoms with Gasteiger partial charge < -0.3 is 24.8 Å². The molecule has 184 valence electrons. The van der Waals surface area contributed by atoms with Crippen molar-refractivity contribution in [1.82, 2.24) is 0 Å². The van der Waals surface area contributed by atoms with E-state index in [1.165, 1.54) is 52.8 Å². The number of halogens is 2. The van der Waals surface area contributed by atoms with Crippen LogP contribution >= 0.6 is 0 Å². The van der Waals surface area contributed by atoms with E-state index in [2.05, 4.69) is 123 Å². The van der Waals surface area contributed by atoms with E-state index < -0.39 is 20.3 Å². The Morgan fingerprint density at radius 3 is 1.27 bits per heavy atom. The summed E-state index contributed by atoms with van der Waals surface area (Å²) < 4.78 is 4.29. The summed E-state index contributed by atoms with van der Waals surface area (Å²) in [6.07, 6.45) is 5.39. The van der Waals surface area contributed by atoms with Gasteiger partial charge in [-0.2, -0.15) is 0 Å². The van der Waals surface area contributed by atoms with Crippen LogP contribution in [-0.4, -0.2) is 0 Å². The van der Waals surface area contributed by atoms with Crippen molar-refractivity contribution >= 4 is 11.1 Å². The molecule has 2 atom stereocenters. The van der Waals surface area contributed by atoms with Gasteiger partial charge in [0.25, 0.3) is 0 Å². The Hall–Kier alpha value is -2.18. The standard InChI is InChI=1S/2C16H13.C2H4.2ClH.Zr/c2*1-12-6-8-14(9-7-12)16-11-10-13-4-2-3-5-15(13)16;1-2;;;/h2*2-11H,1H3;1-2H2;2*1H;/q;;;;;+2/p-2. The summed E-state index contributed by atoms with van der Waals surface area (Å²) >= 11 is -2.57. The van der Waals surface area contributed by atoms with Gasteiger partial charge >= 0.3 is 214 Å². The molecule has 0 radical (unpaired) electrons. The summed E-state index contributed by atoms with van der Waals surface area (Å²) in [4.78, 5) is 0. The van der Waals surface area contributed by atoms with E-state index in [4.69, 9.17) is 0 Å². The van der Waals surface area contributed by atoms with Crippen LogP contribution in [0.3, 0.4) is 0 Å². The van der Waals surface area contributed by atoms with Crippen LogP contribution < -0.4 is 24.8 Å². The van der Waals surface area contributed by atoms with Crippen LogP contribution in [-0.2, 0) is 20.3 Å². The predicted octanol–water partition coefficient (Wildman–Crippen LogP) is 2.99. The zero-order valence-electron chi connectivity index (χ0n) is 21.2. The Kier molecular flexibility index (Phi) is 7.27. The Balaban J connectivity index is 0.00000140. The molecule has 3 aliphatic rings. The van der Waals surface area contributed by atoms with Gasteiger partial charge in [0.05, 0.1) is 0 Å². The zero-order chi connectivity index (χ0) is 23.6. The summed E-state index contributed by atoms with van der Waals surface area (Å²) in [7, 11) is 0. The maximum absolute atomic E-state index is 2.69. The van der Waals surface area contributed by atoms with Gasteiger partial charge in [0.2, 0.25) is 0 Å². The first-order chi connectivity index (χ1) is 17.1. The fourth-order valence-corrected chi connectivity index (χ4v) is 22.3. The molecule has 1 heterocycles. The van der Waals surface area contributed by atoms with Crippen molar-refractivity contribution in [2.45, 2.75) is 29.4 Å². The zero-order valence-corrected chi connectivity index (χ0v) is 25.2. The molecule has 1 saturated heterocycles. The summed E-state index contributed by atoms with van der Waals surface area (Å²) in [5.41, 5.74) is 14.5. The number of fused-ring (bicyclic) bond motifs is 2. The third-order valence-electron chi connectivity index (χ3n) is 8.63. The van der Waals surface area contributed by atoms with E-state index in [0.717, 1.165) is 0 Å².